The number of benzene rings is 1. The average Bonchev–Trinajstić information content (AvgIpc) is 3.23. The number of halogens is 5. The maximum Gasteiger partial charge on any atom is 0.418 e. The fourth-order valence-electron chi connectivity index (χ4n) is 4.00. The fraction of sp³-hybridized carbons (Fsp3) is 0.440. The summed E-state index contributed by atoms with van der Waals surface area (Å²) >= 11 is 0. The number of aromatic amines is 1. The Bertz CT molecular complexity index is 1340. The number of carbonyl (C=O) groups is 2. The van der Waals surface area contributed by atoms with E-state index in [4.69, 9.17) is 4.74 Å². The van der Waals surface area contributed by atoms with Crippen LogP contribution in [0.2, 0.25) is 0 Å². The number of hydrogen-bond donors (Lipinski definition) is 2. The fourth-order valence-corrected chi connectivity index (χ4v) is 4.00. The SMILES string of the molecule is CC(C)(C)OC(=O)NCc1nc2c(C(F)(F)F)cc(-c3ccc(C(=O)N4CCC(F)(F)CC4)cn3)cc2[nH]1. The second-order valence-corrected chi connectivity index (χ2v) is 10.0. The highest BCUT2D eigenvalue weighted by Gasteiger charge is 2.36. The number of ether oxygens (including phenoxy) is 1. The Morgan fingerprint density at radius 3 is 2.39 bits per heavy atom. The number of pyridine rings is 1. The van der Waals surface area contributed by atoms with E-state index in [1.165, 1.54) is 29.3 Å². The van der Waals surface area contributed by atoms with E-state index in [0.29, 0.717) is 0 Å². The summed E-state index contributed by atoms with van der Waals surface area (Å²) in [5.74, 6) is -3.18. The van der Waals surface area contributed by atoms with Crippen LogP contribution in [0.1, 0.15) is 55.4 Å². The predicted octanol–water partition coefficient (Wildman–Crippen LogP) is 5.54. The number of alkyl carbamates (subject to hydrolysis) is 1. The van der Waals surface area contributed by atoms with Gasteiger partial charge < -0.3 is 19.9 Å². The maximum atomic E-state index is 13.9. The van der Waals surface area contributed by atoms with Crippen LogP contribution in [0.25, 0.3) is 22.3 Å². The molecule has 1 aliphatic rings. The summed E-state index contributed by atoms with van der Waals surface area (Å²) in [6.45, 7) is 4.66. The zero-order chi connectivity index (χ0) is 27.9. The smallest absolute Gasteiger partial charge is 0.418 e. The standard InChI is InChI=1S/C25H26F5N5O3/c1-23(2,3)38-22(37)32-13-19-33-18-11-15(10-16(20(18)34-19)25(28,29)30)17-5-4-14(12-31-17)21(36)35-8-6-24(26,27)7-9-35/h4-5,10-12H,6-9,13H2,1-3H3,(H,32,37)(H,33,34). The highest BCUT2D eigenvalue weighted by Crippen LogP contribution is 2.37. The van der Waals surface area contributed by atoms with Gasteiger partial charge in [0.05, 0.1) is 28.9 Å². The third kappa shape index (κ3) is 6.37. The molecule has 3 aromatic rings. The Morgan fingerprint density at radius 2 is 1.82 bits per heavy atom. The van der Waals surface area contributed by atoms with Gasteiger partial charge in [0.25, 0.3) is 11.8 Å². The van der Waals surface area contributed by atoms with E-state index in [1.54, 1.807) is 20.8 Å². The highest BCUT2D eigenvalue weighted by atomic mass is 19.4. The van der Waals surface area contributed by atoms with Crippen molar-refractivity contribution >= 4 is 23.0 Å². The molecule has 2 N–H and O–H groups in total. The van der Waals surface area contributed by atoms with Crippen LogP contribution in [0.15, 0.2) is 30.5 Å². The van der Waals surface area contributed by atoms with Crippen LogP contribution < -0.4 is 5.32 Å². The van der Waals surface area contributed by atoms with Crippen LogP contribution in [-0.2, 0) is 17.5 Å². The molecular formula is C25H26F5N5O3. The molecule has 204 valence electrons. The molecule has 1 fully saturated rings. The Morgan fingerprint density at radius 1 is 1.13 bits per heavy atom. The highest BCUT2D eigenvalue weighted by molar-refractivity contribution is 5.94. The molecule has 3 heterocycles. The number of fused-ring (bicyclic) bond motifs is 1. The second kappa shape index (κ2) is 9.84. The van der Waals surface area contributed by atoms with Crippen LogP contribution in [-0.4, -0.2) is 56.5 Å². The van der Waals surface area contributed by atoms with Crippen molar-refractivity contribution in [3.8, 4) is 11.3 Å². The minimum atomic E-state index is -4.73. The number of hydrogen-bond acceptors (Lipinski definition) is 5. The molecule has 0 aliphatic carbocycles. The summed E-state index contributed by atoms with van der Waals surface area (Å²) in [6.07, 6.45) is -5.11. The molecule has 2 aromatic heterocycles. The average molecular weight is 540 g/mol. The summed E-state index contributed by atoms with van der Waals surface area (Å²) in [4.78, 5) is 36.8. The number of piperidine rings is 1. The molecule has 1 aliphatic heterocycles. The molecule has 13 heteroatoms. The molecule has 1 saturated heterocycles. The first-order valence-electron chi connectivity index (χ1n) is 11.8. The molecule has 4 rings (SSSR count). The van der Waals surface area contributed by atoms with Crippen LogP contribution >= 0.6 is 0 Å². The maximum absolute atomic E-state index is 13.9. The van der Waals surface area contributed by atoms with E-state index in [-0.39, 0.29) is 53.3 Å². The van der Waals surface area contributed by atoms with Crippen molar-refractivity contribution in [2.45, 2.75) is 57.9 Å². The van der Waals surface area contributed by atoms with Gasteiger partial charge in [-0.2, -0.15) is 13.2 Å². The summed E-state index contributed by atoms with van der Waals surface area (Å²) in [6, 6.07) is 5.14. The lowest BCUT2D eigenvalue weighted by atomic mass is 10.0. The van der Waals surface area contributed by atoms with Crippen LogP contribution in [0.4, 0.5) is 26.7 Å². The number of rotatable bonds is 4. The number of H-pyrrole nitrogens is 1. The van der Waals surface area contributed by atoms with Crippen molar-refractivity contribution in [3.05, 3.63) is 47.4 Å². The summed E-state index contributed by atoms with van der Waals surface area (Å²) in [5.41, 5.74) is -1.55. The van der Waals surface area contributed by atoms with Crippen molar-refractivity contribution in [2.24, 2.45) is 0 Å². The van der Waals surface area contributed by atoms with Crippen LogP contribution in [0.3, 0.4) is 0 Å². The van der Waals surface area contributed by atoms with E-state index >= 15 is 0 Å². The lowest BCUT2D eigenvalue weighted by molar-refractivity contribution is -0.136. The second-order valence-electron chi connectivity index (χ2n) is 10.0. The van der Waals surface area contributed by atoms with Gasteiger partial charge in [-0.25, -0.2) is 18.6 Å². The van der Waals surface area contributed by atoms with Crippen molar-refractivity contribution in [3.63, 3.8) is 0 Å². The zero-order valence-corrected chi connectivity index (χ0v) is 20.9. The van der Waals surface area contributed by atoms with E-state index in [0.717, 1.165) is 6.07 Å². The number of amides is 2. The van der Waals surface area contributed by atoms with Crippen molar-refractivity contribution in [1.29, 1.82) is 0 Å². The van der Waals surface area contributed by atoms with Gasteiger partial charge in [-0.1, -0.05) is 0 Å². The normalized spacial score (nSPS) is 15.9. The van der Waals surface area contributed by atoms with Crippen LogP contribution in [0.5, 0.6) is 0 Å². The van der Waals surface area contributed by atoms with Crippen molar-refractivity contribution in [2.75, 3.05) is 13.1 Å². The molecule has 8 nitrogen and oxygen atoms in total. The van der Waals surface area contributed by atoms with Gasteiger partial charge in [0.1, 0.15) is 16.9 Å². The molecule has 1 aromatic carbocycles. The first-order valence-corrected chi connectivity index (χ1v) is 11.8. The molecule has 0 bridgehead atoms. The predicted molar refractivity (Wildman–Crippen MR) is 127 cm³/mol. The Hall–Kier alpha value is -3.77. The number of carbonyl (C=O) groups excluding carboxylic acids is 2. The number of alkyl halides is 5. The number of likely N-dealkylation sites (tertiary alicyclic amines) is 1. The Labute approximate surface area is 214 Å². The van der Waals surface area contributed by atoms with E-state index in [9.17, 15) is 31.5 Å². The third-order valence-electron chi connectivity index (χ3n) is 5.83. The molecule has 0 unspecified atom stereocenters. The number of nitrogens with zero attached hydrogens (tertiary/aromatic N) is 3. The van der Waals surface area contributed by atoms with Gasteiger partial charge in [-0.3, -0.25) is 9.78 Å². The third-order valence-corrected chi connectivity index (χ3v) is 5.83. The van der Waals surface area contributed by atoms with Crippen molar-refractivity contribution < 1.29 is 36.3 Å². The number of imidazole rings is 1. The minimum Gasteiger partial charge on any atom is -0.444 e. The quantitative estimate of drug-likeness (QED) is 0.424. The van der Waals surface area contributed by atoms with E-state index < -0.39 is 48.1 Å². The molecule has 0 radical (unpaired) electrons. The zero-order valence-electron chi connectivity index (χ0n) is 20.9. The van der Waals surface area contributed by atoms with Gasteiger partial charge in [0, 0.05) is 37.7 Å². The van der Waals surface area contributed by atoms with Gasteiger partial charge in [0.2, 0.25) is 0 Å². The lowest BCUT2D eigenvalue weighted by Crippen LogP contribution is -2.42. The van der Waals surface area contributed by atoms with Crippen LogP contribution in [0, 0.1) is 0 Å². The van der Waals surface area contributed by atoms with E-state index in [1.807, 2.05) is 0 Å². The molecule has 0 saturated carbocycles. The Kier molecular flexibility index (Phi) is 7.06. The lowest BCUT2D eigenvalue weighted by Gasteiger charge is -2.31. The number of nitrogens with one attached hydrogen (secondary N) is 2. The van der Waals surface area contributed by atoms with E-state index in [2.05, 4.69) is 20.3 Å². The topological polar surface area (TPSA) is 100 Å². The summed E-state index contributed by atoms with van der Waals surface area (Å²) in [7, 11) is 0. The van der Waals surface area contributed by atoms with Gasteiger partial charge >= 0.3 is 12.3 Å². The Balaban J connectivity index is 1.57. The van der Waals surface area contributed by atoms with Crippen molar-refractivity contribution in [1.82, 2.24) is 25.2 Å². The van der Waals surface area contributed by atoms with Gasteiger partial charge in [-0.05, 0) is 45.0 Å². The van der Waals surface area contributed by atoms with Gasteiger partial charge in [-0.15, -0.1) is 0 Å². The molecular weight excluding hydrogens is 513 g/mol. The molecule has 38 heavy (non-hydrogen) atoms. The molecule has 0 spiro atoms. The largest absolute Gasteiger partial charge is 0.444 e. The summed E-state index contributed by atoms with van der Waals surface area (Å²) < 4.78 is 73.6. The molecule has 0 atom stereocenters. The first-order chi connectivity index (χ1) is 17.6. The monoisotopic (exact) mass is 539 g/mol. The number of aromatic nitrogens is 3. The minimum absolute atomic E-state index is 0.0759. The first kappa shape index (κ1) is 27.3. The van der Waals surface area contributed by atoms with Gasteiger partial charge in [0.15, 0.2) is 0 Å². The summed E-state index contributed by atoms with van der Waals surface area (Å²) in [5, 5.41) is 2.44. The molecule has 2 amide bonds.